The van der Waals surface area contributed by atoms with Gasteiger partial charge in [-0.15, -0.1) is 10.2 Å². The maximum Gasteiger partial charge on any atom is 0.315 e. The number of nitrogens with zero attached hydrogens (tertiary/aromatic N) is 3. The highest BCUT2D eigenvalue weighted by atomic mass is 35.5. The molecule has 0 aliphatic carbocycles. The average Bonchev–Trinajstić information content (AvgIpc) is 3.27. The second kappa shape index (κ2) is 12.1. The molecule has 4 aromatic rings. The highest BCUT2D eigenvalue weighted by Crippen LogP contribution is 2.33. The number of urea groups is 1. The number of amides is 2. The van der Waals surface area contributed by atoms with Crippen molar-refractivity contribution in [1.29, 1.82) is 0 Å². The molecule has 0 saturated carbocycles. The van der Waals surface area contributed by atoms with Gasteiger partial charge in [-0.2, -0.15) is 0 Å². The Balaban J connectivity index is 1.76. The SMILES string of the molecule is CCNC(=O)NC(Cc1ccccc1)c1nnc(SCc2ccccc2)n1-c1ccc(Cl)cc1Cl. The molecule has 2 amide bonds. The third-order valence-electron chi connectivity index (χ3n) is 5.26. The van der Waals surface area contributed by atoms with Crippen LogP contribution in [0.1, 0.15) is 29.9 Å². The number of rotatable bonds is 9. The molecule has 4 rings (SSSR count). The Kier molecular flexibility index (Phi) is 8.69. The van der Waals surface area contributed by atoms with E-state index >= 15 is 0 Å². The lowest BCUT2D eigenvalue weighted by atomic mass is 10.1. The number of hydrogen-bond donors (Lipinski definition) is 2. The molecule has 1 heterocycles. The van der Waals surface area contributed by atoms with Crippen LogP contribution >= 0.6 is 35.0 Å². The topological polar surface area (TPSA) is 71.8 Å². The van der Waals surface area contributed by atoms with Crippen molar-refractivity contribution < 1.29 is 4.79 Å². The van der Waals surface area contributed by atoms with Crippen LogP contribution in [0.5, 0.6) is 0 Å². The molecule has 35 heavy (non-hydrogen) atoms. The van der Waals surface area contributed by atoms with E-state index in [9.17, 15) is 4.79 Å². The van der Waals surface area contributed by atoms with Crippen LogP contribution < -0.4 is 10.6 Å². The highest BCUT2D eigenvalue weighted by molar-refractivity contribution is 7.98. The average molecular weight is 526 g/mol. The van der Waals surface area contributed by atoms with E-state index in [1.165, 1.54) is 0 Å². The van der Waals surface area contributed by atoms with Crippen molar-refractivity contribution in [3.63, 3.8) is 0 Å². The lowest BCUT2D eigenvalue weighted by Gasteiger charge is -2.21. The van der Waals surface area contributed by atoms with E-state index in [1.54, 1.807) is 23.9 Å². The van der Waals surface area contributed by atoms with E-state index in [0.29, 0.717) is 45.4 Å². The molecule has 180 valence electrons. The van der Waals surface area contributed by atoms with Gasteiger partial charge in [-0.25, -0.2) is 4.79 Å². The number of benzene rings is 3. The minimum Gasteiger partial charge on any atom is -0.338 e. The molecular weight excluding hydrogens is 501 g/mol. The molecule has 3 aromatic carbocycles. The smallest absolute Gasteiger partial charge is 0.315 e. The van der Waals surface area contributed by atoms with Crippen molar-refractivity contribution in [2.24, 2.45) is 0 Å². The lowest BCUT2D eigenvalue weighted by molar-refractivity contribution is 0.237. The summed E-state index contributed by atoms with van der Waals surface area (Å²) in [6, 6.07) is 24.7. The van der Waals surface area contributed by atoms with Gasteiger partial charge in [0.1, 0.15) is 0 Å². The fraction of sp³-hybridized carbons (Fsp3) is 0.192. The van der Waals surface area contributed by atoms with E-state index in [4.69, 9.17) is 23.2 Å². The molecule has 0 aliphatic heterocycles. The zero-order chi connectivity index (χ0) is 24.6. The summed E-state index contributed by atoms with van der Waals surface area (Å²) >= 11 is 14.4. The van der Waals surface area contributed by atoms with Crippen LogP contribution in [-0.4, -0.2) is 27.3 Å². The number of hydrogen-bond acceptors (Lipinski definition) is 4. The van der Waals surface area contributed by atoms with Gasteiger partial charge >= 0.3 is 6.03 Å². The summed E-state index contributed by atoms with van der Waals surface area (Å²) in [6.45, 7) is 2.39. The van der Waals surface area contributed by atoms with Crippen molar-refractivity contribution in [2.75, 3.05) is 6.54 Å². The number of halogens is 2. The van der Waals surface area contributed by atoms with E-state index in [0.717, 1.165) is 11.1 Å². The molecule has 6 nitrogen and oxygen atoms in total. The van der Waals surface area contributed by atoms with Gasteiger partial charge < -0.3 is 10.6 Å². The van der Waals surface area contributed by atoms with Gasteiger partial charge in [0.15, 0.2) is 11.0 Å². The molecule has 0 fully saturated rings. The number of aromatic nitrogens is 3. The largest absolute Gasteiger partial charge is 0.338 e. The van der Waals surface area contributed by atoms with Gasteiger partial charge in [0, 0.05) is 23.7 Å². The molecule has 1 atom stereocenters. The van der Waals surface area contributed by atoms with Gasteiger partial charge in [-0.05, 0) is 36.2 Å². The predicted molar refractivity (Wildman–Crippen MR) is 142 cm³/mol. The maximum absolute atomic E-state index is 12.6. The summed E-state index contributed by atoms with van der Waals surface area (Å²) in [7, 11) is 0. The third kappa shape index (κ3) is 6.57. The zero-order valence-electron chi connectivity index (χ0n) is 19.1. The Morgan fingerprint density at radius 2 is 1.66 bits per heavy atom. The Bertz CT molecular complexity index is 1270. The Labute approximate surface area is 219 Å². The van der Waals surface area contributed by atoms with Crippen LogP contribution in [-0.2, 0) is 12.2 Å². The summed E-state index contributed by atoms with van der Waals surface area (Å²) in [5, 5.41) is 16.6. The van der Waals surface area contributed by atoms with Crippen molar-refractivity contribution in [3.8, 4) is 5.69 Å². The van der Waals surface area contributed by atoms with Gasteiger partial charge in [-0.1, -0.05) is 95.6 Å². The monoisotopic (exact) mass is 525 g/mol. The maximum atomic E-state index is 12.6. The fourth-order valence-electron chi connectivity index (χ4n) is 3.64. The highest BCUT2D eigenvalue weighted by Gasteiger charge is 2.26. The van der Waals surface area contributed by atoms with Gasteiger partial charge in [0.05, 0.1) is 16.8 Å². The molecular formula is C26H25Cl2N5OS. The van der Waals surface area contributed by atoms with Crippen LogP contribution in [0, 0.1) is 0 Å². The van der Waals surface area contributed by atoms with Crippen molar-refractivity contribution in [3.05, 3.63) is 106 Å². The molecule has 0 spiro atoms. The van der Waals surface area contributed by atoms with E-state index in [-0.39, 0.29) is 6.03 Å². The Morgan fingerprint density at radius 1 is 0.971 bits per heavy atom. The Morgan fingerprint density at radius 3 is 2.31 bits per heavy atom. The van der Waals surface area contributed by atoms with E-state index in [1.807, 2.05) is 66.1 Å². The second-order valence-corrected chi connectivity index (χ2v) is 9.58. The summed E-state index contributed by atoms with van der Waals surface area (Å²) < 4.78 is 1.91. The minimum absolute atomic E-state index is 0.274. The second-order valence-electron chi connectivity index (χ2n) is 7.79. The fourth-order valence-corrected chi connectivity index (χ4v) is 5.04. The first kappa shape index (κ1) is 25.1. The van der Waals surface area contributed by atoms with Gasteiger partial charge in [-0.3, -0.25) is 4.57 Å². The van der Waals surface area contributed by atoms with Crippen molar-refractivity contribution in [1.82, 2.24) is 25.4 Å². The number of carbonyl (C=O) groups excluding carboxylic acids is 1. The molecule has 0 saturated heterocycles. The normalized spacial score (nSPS) is 11.7. The van der Waals surface area contributed by atoms with E-state index < -0.39 is 6.04 Å². The summed E-state index contributed by atoms with van der Waals surface area (Å²) in [4.78, 5) is 12.6. The van der Waals surface area contributed by atoms with E-state index in [2.05, 4.69) is 33.0 Å². The van der Waals surface area contributed by atoms with Crippen molar-refractivity contribution in [2.45, 2.75) is 30.3 Å². The minimum atomic E-state index is -0.450. The molecule has 0 bridgehead atoms. The first-order valence-corrected chi connectivity index (χ1v) is 12.9. The number of thioether (sulfide) groups is 1. The van der Waals surface area contributed by atoms with Crippen molar-refractivity contribution >= 4 is 41.0 Å². The van der Waals surface area contributed by atoms with Crippen LogP contribution in [0.2, 0.25) is 10.0 Å². The molecule has 1 aromatic heterocycles. The zero-order valence-corrected chi connectivity index (χ0v) is 21.4. The van der Waals surface area contributed by atoms with Gasteiger partial charge in [0.2, 0.25) is 0 Å². The van der Waals surface area contributed by atoms with Crippen LogP contribution in [0.25, 0.3) is 5.69 Å². The quantitative estimate of drug-likeness (QED) is 0.245. The van der Waals surface area contributed by atoms with Crippen LogP contribution in [0.4, 0.5) is 4.79 Å². The lowest BCUT2D eigenvalue weighted by Crippen LogP contribution is -2.39. The first-order chi connectivity index (χ1) is 17.0. The molecule has 0 radical (unpaired) electrons. The number of carbonyl (C=O) groups is 1. The summed E-state index contributed by atoms with van der Waals surface area (Å²) in [6.07, 6.45) is 0.532. The standard InChI is InChI=1S/C26H25Cl2N5OS/c1-2-29-25(34)30-22(15-18-9-5-3-6-10-18)24-31-32-26(35-17-19-11-7-4-8-12-19)33(24)23-14-13-20(27)16-21(23)28/h3-14,16,22H,2,15,17H2,1H3,(H2,29,30,34). The predicted octanol–water partition coefficient (Wildman–Crippen LogP) is 6.47. The summed E-state index contributed by atoms with van der Waals surface area (Å²) in [5.74, 6) is 1.29. The first-order valence-electron chi connectivity index (χ1n) is 11.2. The summed E-state index contributed by atoms with van der Waals surface area (Å²) in [5.41, 5.74) is 2.92. The van der Waals surface area contributed by atoms with Gasteiger partial charge in [0.25, 0.3) is 0 Å². The molecule has 1 unspecified atom stereocenters. The molecule has 0 aliphatic rings. The molecule has 2 N–H and O–H groups in total. The third-order valence-corrected chi connectivity index (χ3v) is 6.79. The number of nitrogens with one attached hydrogen (secondary N) is 2. The van der Waals surface area contributed by atoms with Crippen LogP contribution in [0.3, 0.4) is 0 Å². The van der Waals surface area contributed by atoms with Crippen LogP contribution in [0.15, 0.2) is 84.0 Å². The molecule has 9 heteroatoms. The Hall–Kier alpha value is -3.00.